The topological polar surface area (TPSA) is 86.9 Å². The van der Waals surface area contributed by atoms with E-state index in [2.05, 4.69) is 15.3 Å². The van der Waals surface area contributed by atoms with E-state index in [1.165, 1.54) is 30.6 Å². The van der Waals surface area contributed by atoms with E-state index in [1.54, 1.807) is 23.5 Å². The average Bonchev–Trinajstić information content (AvgIpc) is 3.01. The molecule has 25 heavy (non-hydrogen) atoms. The molecule has 0 fully saturated rings. The van der Waals surface area contributed by atoms with Gasteiger partial charge in [0.05, 0.1) is 17.4 Å². The zero-order valence-electron chi connectivity index (χ0n) is 12.5. The molecule has 1 heterocycles. The Kier molecular flexibility index (Phi) is 4.14. The van der Waals surface area contributed by atoms with Gasteiger partial charge in [-0.15, -0.1) is 0 Å². The number of alkyl halides is 3. The number of hydrogen-bond donors (Lipinski definition) is 3. The smallest absolute Gasteiger partial charge is 0.345 e. The Morgan fingerprint density at radius 2 is 1.72 bits per heavy atom. The lowest BCUT2D eigenvalue weighted by Crippen LogP contribution is -2.29. The Morgan fingerprint density at radius 1 is 1.00 bits per heavy atom. The number of fused-ring (bicyclic) bond motifs is 1. The maximum Gasteiger partial charge on any atom is 0.471 e. The molecule has 0 bridgehead atoms. The number of benzene rings is 2. The van der Waals surface area contributed by atoms with Crippen molar-refractivity contribution < 1.29 is 22.8 Å². The van der Waals surface area contributed by atoms with Gasteiger partial charge in [-0.2, -0.15) is 13.2 Å². The number of H-pyrrole nitrogens is 1. The van der Waals surface area contributed by atoms with Crippen LogP contribution in [0, 0.1) is 0 Å². The molecular weight excluding hydrogens is 337 g/mol. The Hall–Kier alpha value is -3.36. The molecule has 0 unspecified atom stereocenters. The highest BCUT2D eigenvalue weighted by atomic mass is 19.4. The largest absolute Gasteiger partial charge is 0.471 e. The Labute approximate surface area is 139 Å². The van der Waals surface area contributed by atoms with Gasteiger partial charge < -0.3 is 15.6 Å². The standard InChI is InChI=1S/C16H11F3N4O2/c17-16(18,19)15(25)23-11-3-1-2-10(7-11)22-14(24)9-4-5-12-13(6-9)21-8-20-12/h1-8H,(H,20,21)(H,22,24)(H,23,25). The van der Waals surface area contributed by atoms with Crippen molar-refractivity contribution >= 4 is 34.2 Å². The Morgan fingerprint density at radius 3 is 2.44 bits per heavy atom. The number of amides is 2. The lowest BCUT2D eigenvalue weighted by atomic mass is 10.2. The van der Waals surface area contributed by atoms with E-state index in [-0.39, 0.29) is 11.4 Å². The first-order valence-corrected chi connectivity index (χ1v) is 7.06. The van der Waals surface area contributed by atoms with Crippen LogP contribution in [-0.4, -0.2) is 28.0 Å². The highest BCUT2D eigenvalue weighted by Crippen LogP contribution is 2.21. The summed E-state index contributed by atoms with van der Waals surface area (Å²) >= 11 is 0. The SMILES string of the molecule is O=C(Nc1cccc(NC(=O)C(F)(F)F)c1)c1ccc2nc[nH]c2c1. The van der Waals surface area contributed by atoms with Crippen LogP contribution in [0.1, 0.15) is 10.4 Å². The number of imidazole rings is 1. The number of carbonyl (C=O) groups is 2. The number of halogens is 3. The molecule has 1 aromatic heterocycles. The van der Waals surface area contributed by atoms with Gasteiger partial charge in [0, 0.05) is 16.9 Å². The Bertz CT molecular complexity index is 950. The van der Waals surface area contributed by atoms with Gasteiger partial charge in [-0.3, -0.25) is 9.59 Å². The maximum atomic E-state index is 12.3. The third kappa shape index (κ3) is 3.77. The van der Waals surface area contributed by atoms with Crippen molar-refractivity contribution in [1.29, 1.82) is 0 Å². The van der Waals surface area contributed by atoms with Crippen molar-refractivity contribution in [1.82, 2.24) is 9.97 Å². The fraction of sp³-hybridized carbons (Fsp3) is 0.0625. The van der Waals surface area contributed by atoms with E-state index in [4.69, 9.17) is 0 Å². The quantitative estimate of drug-likeness (QED) is 0.679. The zero-order valence-corrected chi connectivity index (χ0v) is 12.5. The van der Waals surface area contributed by atoms with Gasteiger partial charge in [0.15, 0.2) is 0 Å². The summed E-state index contributed by atoms with van der Waals surface area (Å²) in [6.07, 6.45) is -3.49. The molecule has 2 amide bonds. The molecule has 0 saturated heterocycles. The van der Waals surface area contributed by atoms with Gasteiger partial charge in [0.1, 0.15) is 0 Å². The molecule has 0 aliphatic heterocycles. The number of hydrogen-bond acceptors (Lipinski definition) is 3. The number of anilines is 2. The van der Waals surface area contributed by atoms with Crippen LogP contribution < -0.4 is 10.6 Å². The minimum absolute atomic E-state index is 0.0795. The summed E-state index contributed by atoms with van der Waals surface area (Å²) in [5.74, 6) is -2.53. The summed E-state index contributed by atoms with van der Waals surface area (Å²) in [6.45, 7) is 0. The molecule has 3 N–H and O–H groups in total. The molecule has 3 rings (SSSR count). The van der Waals surface area contributed by atoms with E-state index < -0.39 is 18.0 Å². The van der Waals surface area contributed by atoms with E-state index in [1.807, 2.05) is 0 Å². The number of aromatic amines is 1. The van der Waals surface area contributed by atoms with Crippen molar-refractivity contribution in [2.45, 2.75) is 6.18 Å². The first kappa shape index (κ1) is 16.5. The molecule has 6 nitrogen and oxygen atoms in total. The molecule has 0 aliphatic rings. The molecular formula is C16H11F3N4O2. The fourth-order valence-corrected chi connectivity index (χ4v) is 2.16. The maximum absolute atomic E-state index is 12.3. The number of nitrogens with zero attached hydrogens (tertiary/aromatic N) is 1. The van der Waals surface area contributed by atoms with E-state index in [0.717, 1.165) is 0 Å². The number of aromatic nitrogens is 2. The molecule has 9 heteroatoms. The summed E-state index contributed by atoms with van der Waals surface area (Å²) in [4.78, 5) is 30.1. The van der Waals surface area contributed by atoms with E-state index in [0.29, 0.717) is 16.6 Å². The molecule has 0 saturated carbocycles. The minimum atomic E-state index is -4.99. The summed E-state index contributed by atoms with van der Waals surface area (Å²) < 4.78 is 36.8. The van der Waals surface area contributed by atoms with Crippen LogP contribution in [0.15, 0.2) is 48.8 Å². The molecule has 0 aliphatic carbocycles. The van der Waals surface area contributed by atoms with Crippen molar-refractivity contribution in [2.75, 3.05) is 10.6 Å². The second-order valence-electron chi connectivity index (χ2n) is 5.12. The predicted octanol–water partition coefficient (Wildman–Crippen LogP) is 3.32. The van der Waals surface area contributed by atoms with Crippen LogP contribution in [0.25, 0.3) is 11.0 Å². The normalized spacial score (nSPS) is 11.3. The molecule has 128 valence electrons. The van der Waals surface area contributed by atoms with Crippen LogP contribution in [0.2, 0.25) is 0 Å². The van der Waals surface area contributed by atoms with Gasteiger partial charge in [0.2, 0.25) is 0 Å². The molecule has 0 atom stereocenters. The zero-order chi connectivity index (χ0) is 18.0. The Balaban J connectivity index is 1.75. The third-order valence-electron chi connectivity index (χ3n) is 3.32. The summed E-state index contributed by atoms with van der Waals surface area (Å²) in [7, 11) is 0. The third-order valence-corrected chi connectivity index (χ3v) is 3.32. The molecule has 0 radical (unpaired) electrons. The predicted molar refractivity (Wildman–Crippen MR) is 85.2 cm³/mol. The van der Waals surface area contributed by atoms with Gasteiger partial charge in [-0.05, 0) is 36.4 Å². The number of carbonyl (C=O) groups excluding carboxylic acids is 2. The molecule has 0 spiro atoms. The van der Waals surface area contributed by atoms with Crippen LogP contribution in [-0.2, 0) is 4.79 Å². The molecule has 2 aromatic carbocycles. The first-order chi connectivity index (χ1) is 11.8. The average molecular weight is 348 g/mol. The van der Waals surface area contributed by atoms with Crippen molar-refractivity contribution in [3.63, 3.8) is 0 Å². The van der Waals surface area contributed by atoms with Crippen LogP contribution in [0.5, 0.6) is 0 Å². The van der Waals surface area contributed by atoms with Gasteiger partial charge in [-0.25, -0.2) is 4.98 Å². The second kappa shape index (κ2) is 6.27. The lowest BCUT2D eigenvalue weighted by molar-refractivity contribution is -0.167. The van der Waals surface area contributed by atoms with Crippen molar-refractivity contribution in [2.24, 2.45) is 0 Å². The second-order valence-corrected chi connectivity index (χ2v) is 5.12. The van der Waals surface area contributed by atoms with Crippen LogP contribution in [0.4, 0.5) is 24.5 Å². The minimum Gasteiger partial charge on any atom is -0.345 e. The fourth-order valence-electron chi connectivity index (χ4n) is 2.16. The summed E-state index contributed by atoms with van der Waals surface area (Å²) in [5.41, 5.74) is 1.90. The number of rotatable bonds is 3. The summed E-state index contributed by atoms with van der Waals surface area (Å²) in [5, 5.41) is 4.29. The van der Waals surface area contributed by atoms with Crippen molar-refractivity contribution in [3.05, 3.63) is 54.4 Å². The van der Waals surface area contributed by atoms with Crippen molar-refractivity contribution in [3.8, 4) is 0 Å². The lowest BCUT2D eigenvalue weighted by Gasteiger charge is -2.10. The van der Waals surface area contributed by atoms with Crippen LogP contribution >= 0.6 is 0 Å². The van der Waals surface area contributed by atoms with E-state index >= 15 is 0 Å². The summed E-state index contributed by atoms with van der Waals surface area (Å²) in [6, 6.07) is 10.3. The van der Waals surface area contributed by atoms with Crippen LogP contribution in [0.3, 0.4) is 0 Å². The van der Waals surface area contributed by atoms with E-state index in [9.17, 15) is 22.8 Å². The highest BCUT2D eigenvalue weighted by Gasteiger charge is 2.38. The van der Waals surface area contributed by atoms with Gasteiger partial charge in [0.25, 0.3) is 5.91 Å². The number of nitrogens with one attached hydrogen (secondary N) is 3. The monoisotopic (exact) mass is 348 g/mol. The highest BCUT2D eigenvalue weighted by molar-refractivity contribution is 6.06. The molecule has 3 aromatic rings. The van der Waals surface area contributed by atoms with Gasteiger partial charge in [-0.1, -0.05) is 6.07 Å². The first-order valence-electron chi connectivity index (χ1n) is 7.06. The van der Waals surface area contributed by atoms with Gasteiger partial charge >= 0.3 is 12.1 Å².